The second-order valence-corrected chi connectivity index (χ2v) is 6.88. The molecule has 0 bridgehead atoms. The minimum absolute atomic E-state index is 0.199. The number of carbonyl (C=O) groups excluding carboxylic acids is 1. The summed E-state index contributed by atoms with van der Waals surface area (Å²) in [7, 11) is 0. The summed E-state index contributed by atoms with van der Waals surface area (Å²) in [6, 6.07) is 9.39. The first-order valence-corrected chi connectivity index (χ1v) is 9.14. The van der Waals surface area contributed by atoms with Crippen molar-refractivity contribution >= 4 is 44.7 Å². The van der Waals surface area contributed by atoms with Gasteiger partial charge in [-0.05, 0) is 36.6 Å². The van der Waals surface area contributed by atoms with Crippen LogP contribution in [0.4, 0.5) is 5.13 Å². The zero-order valence-electron chi connectivity index (χ0n) is 12.8. The number of aromatic nitrogens is 4. The molecule has 0 unspecified atom stereocenters. The van der Waals surface area contributed by atoms with E-state index < -0.39 is 0 Å². The number of hydrogen-bond donors (Lipinski definition) is 1. The molecule has 3 aromatic heterocycles. The molecule has 120 valence electrons. The standard InChI is InChI=1S/C16H13N5OS2/c1-2-21-13-6-5-10(8-11(13)19-20-21)15(22)18-16-17-12(9-24-16)14-4-3-7-23-14/h3-9H,2H2,1H3,(H,17,18,22). The summed E-state index contributed by atoms with van der Waals surface area (Å²) >= 11 is 3.04. The molecule has 3 heterocycles. The minimum Gasteiger partial charge on any atom is -0.298 e. The number of benzene rings is 1. The van der Waals surface area contributed by atoms with Crippen LogP contribution in [0.2, 0.25) is 0 Å². The molecule has 0 saturated carbocycles. The van der Waals surface area contributed by atoms with Crippen molar-refractivity contribution in [2.45, 2.75) is 13.5 Å². The van der Waals surface area contributed by atoms with E-state index in [2.05, 4.69) is 20.6 Å². The number of rotatable bonds is 4. The fourth-order valence-electron chi connectivity index (χ4n) is 2.38. The van der Waals surface area contributed by atoms with E-state index in [-0.39, 0.29) is 5.91 Å². The second-order valence-electron chi connectivity index (χ2n) is 5.08. The Morgan fingerprint density at radius 2 is 2.21 bits per heavy atom. The molecular weight excluding hydrogens is 342 g/mol. The molecule has 0 aliphatic carbocycles. The number of thiophene rings is 1. The van der Waals surface area contributed by atoms with Crippen LogP contribution in [0, 0.1) is 0 Å². The molecule has 24 heavy (non-hydrogen) atoms. The van der Waals surface area contributed by atoms with Crippen LogP contribution in [0.1, 0.15) is 17.3 Å². The van der Waals surface area contributed by atoms with Crippen LogP contribution in [0.5, 0.6) is 0 Å². The molecule has 8 heteroatoms. The average molecular weight is 355 g/mol. The Hall–Kier alpha value is -2.58. The van der Waals surface area contributed by atoms with Gasteiger partial charge in [-0.15, -0.1) is 27.8 Å². The zero-order chi connectivity index (χ0) is 16.5. The molecule has 4 rings (SSSR count). The Labute approximate surface area is 145 Å². The van der Waals surface area contributed by atoms with Gasteiger partial charge in [0.1, 0.15) is 5.52 Å². The maximum absolute atomic E-state index is 12.4. The molecule has 0 aliphatic rings. The van der Waals surface area contributed by atoms with Gasteiger partial charge in [-0.3, -0.25) is 10.1 Å². The van der Waals surface area contributed by atoms with Crippen LogP contribution in [0.25, 0.3) is 21.6 Å². The van der Waals surface area contributed by atoms with Gasteiger partial charge in [0.05, 0.1) is 16.1 Å². The molecule has 0 fully saturated rings. The predicted octanol–water partition coefficient (Wildman–Crippen LogP) is 3.89. The van der Waals surface area contributed by atoms with Crippen LogP contribution in [-0.2, 0) is 6.54 Å². The summed E-state index contributed by atoms with van der Waals surface area (Å²) in [5, 5.41) is 15.5. The van der Waals surface area contributed by atoms with Crippen molar-refractivity contribution in [3.05, 3.63) is 46.7 Å². The van der Waals surface area contributed by atoms with E-state index in [1.165, 1.54) is 11.3 Å². The number of nitrogens with zero attached hydrogens (tertiary/aromatic N) is 4. The quantitative estimate of drug-likeness (QED) is 0.603. The summed E-state index contributed by atoms with van der Waals surface area (Å²) in [5.74, 6) is -0.199. The molecule has 0 aliphatic heterocycles. The van der Waals surface area contributed by atoms with Gasteiger partial charge in [-0.25, -0.2) is 9.67 Å². The SMILES string of the molecule is CCn1nnc2cc(C(=O)Nc3nc(-c4cccs4)cs3)ccc21. The fourth-order valence-corrected chi connectivity index (χ4v) is 3.85. The van der Waals surface area contributed by atoms with Gasteiger partial charge in [-0.2, -0.15) is 0 Å². The summed E-state index contributed by atoms with van der Waals surface area (Å²) in [4.78, 5) is 18.0. The topological polar surface area (TPSA) is 72.7 Å². The lowest BCUT2D eigenvalue weighted by molar-refractivity contribution is 0.102. The van der Waals surface area contributed by atoms with Crippen molar-refractivity contribution < 1.29 is 4.79 Å². The van der Waals surface area contributed by atoms with E-state index in [1.54, 1.807) is 28.2 Å². The lowest BCUT2D eigenvalue weighted by Gasteiger charge is -2.02. The van der Waals surface area contributed by atoms with Gasteiger partial charge in [0, 0.05) is 17.5 Å². The van der Waals surface area contributed by atoms with E-state index in [0.29, 0.717) is 16.2 Å². The highest BCUT2D eigenvalue weighted by Gasteiger charge is 2.12. The fraction of sp³-hybridized carbons (Fsp3) is 0.125. The maximum Gasteiger partial charge on any atom is 0.257 e. The van der Waals surface area contributed by atoms with Crippen molar-refractivity contribution in [2.75, 3.05) is 5.32 Å². The Morgan fingerprint density at radius 3 is 3.00 bits per heavy atom. The van der Waals surface area contributed by atoms with Crippen molar-refractivity contribution in [1.29, 1.82) is 0 Å². The predicted molar refractivity (Wildman–Crippen MR) is 96.6 cm³/mol. The molecule has 1 amide bonds. The molecular formula is C16H13N5OS2. The van der Waals surface area contributed by atoms with E-state index >= 15 is 0 Å². The molecule has 0 atom stereocenters. The summed E-state index contributed by atoms with van der Waals surface area (Å²) < 4.78 is 1.80. The van der Waals surface area contributed by atoms with Crippen molar-refractivity contribution in [2.24, 2.45) is 0 Å². The van der Waals surface area contributed by atoms with Crippen LogP contribution in [0.15, 0.2) is 41.1 Å². The van der Waals surface area contributed by atoms with Gasteiger partial charge in [-0.1, -0.05) is 11.3 Å². The molecule has 4 aromatic rings. The van der Waals surface area contributed by atoms with Gasteiger partial charge in [0.2, 0.25) is 0 Å². The van der Waals surface area contributed by atoms with Gasteiger partial charge in [0.15, 0.2) is 5.13 Å². The number of amides is 1. The lowest BCUT2D eigenvalue weighted by atomic mass is 10.2. The first kappa shape index (κ1) is 15.0. The number of carbonyl (C=O) groups is 1. The third-order valence-corrected chi connectivity index (χ3v) is 5.22. The van der Waals surface area contributed by atoms with Crippen LogP contribution >= 0.6 is 22.7 Å². The molecule has 0 saturated heterocycles. The van der Waals surface area contributed by atoms with E-state index in [1.807, 2.05) is 35.9 Å². The Morgan fingerprint density at radius 1 is 1.29 bits per heavy atom. The largest absolute Gasteiger partial charge is 0.298 e. The second kappa shape index (κ2) is 6.14. The summed E-state index contributed by atoms with van der Waals surface area (Å²) in [5.41, 5.74) is 3.05. The van der Waals surface area contributed by atoms with Gasteiger partial charge in [0.25, 0.3) is 5.91 Å². The van der Waals surface area contributed by atoms with Crippen LogP contribution in [0.3, 0.4) is 0 Å². The normalized spacial score (nSPS) is 11.0. The Bertz CT molecular complexity index is 1000. The minimum atomic E-state index is -0.199. The third-order valence-electron chi connectivity index (χ3n) is 3.57. The highest BCUT2D eigenvalue weighted by atomic mass is 32.1. The van der Waals surface area contributed by atoms with E-state index in [4.69, 9.17) is 0 Å². The smallest absolute Gasteiger partial charge is 0.257 e. The number of nitrogens with one attached hydrogen (secondary N) is 1. The number of fused-ring (bicyclic) bond motifs is 1. The monoisotopic (exact) mass is 355 g/mol. The van der Waals surface area contributed by atoms with E-state index in [9.17, 15) is 4.79 Å². The van der Waals surface area contributed by atoms with Gasteiger partial charge < -0.3 is 0 Å². The Kier molecular flexibility index (Phi) is 3.83. The number of thiazole rings is 1. The Balaban J connectivity index is 1.56. The molecule has 6 nitrogen and oxygen atoms in total. The third kappa shape index (κ3) is 2.70. The maximum atomic E-state index is 12.4. The van der Waals surface area contributed by atoms with Crippen LogP contribution in [-0.4, -0.2) is 25.9 Å². The summed E-state index contributed by atoms with van der Waals surface area (Å²) in [6.45, 7) is 2.75. The number of hydrogen-bond acceptors (Lipinski definition) is 6. The molecule has 1 aromatic carbocycles. The molecule has 1 N–H and O–H groups in total. The molecule has 0 radical (unpaired) electrons. The van der Waals surface area contributed by atoms with E-state index in [0.717, 1.165) is 22.6 Å². The number of aryl methyl sites for hydroxylation is 1. The van der Waals surface area contributed by atoms with Crippen molar-refractivity contribution in [1.82, 2.24) is 20.0 Å². The highest BCUT2D eigenvalue weighted by molar-refractivity contribution is 7.16. The average Bonchev–Trinajstić information content (AvgIpc) is 3.34. The first-order valence-electron chi connectivity index (χ1n) is 7.38. The summed E-state index contributed by atoms with van der Waals surface area (Å²) in [6.07, 6.45) is 0. The van der Waals surface area contributed by atoms with Crippen LogP contribution < -0.4 is 5.32 Å². The van der Waals surface area contributed by atoms with Crippen molar-refractivity contribution in [3.8, 4) is 10.6 Å². The highest BCUT2D eigenvalue weighted by Crippen LogP contribution is 2.28. The van der Waals surface area contributed by atoms with Crippen molar-refractivity contribution in [3.63, 3.8) is 0 Å². The van der Waals surface area contributed by atoms with Gasteiger partial charge >= 0.3 is 0 Å². The molecule has 0 spiro atoms. The lowest BCUT2D eigenvalue weighted by Crippen LogP contribution is -2.11. The zero-order valence-corrected chi connectivity index (χ0v) is 14.4. The number of anilines is 1. The first-order chi connectivity index (χ1) is 11.7.